The van der Waals surface area contributed by atoms with Crippen LogP contribution in [0.3, 0.4) is 0 Å². The zero-order chi connectivity index (χ0) is 20.5. The van der Waals surface area contributed by atoms with Gasteiger partial charge in [-0.15, -0.1) is 0 Å². The number of rotatable bonds is 3. The minimum absolute atomic E-state index is 0.102. The molecule has 0 unspecified atom stereocenters. The summed E-state index contributed by atoms with van der Waals surface area (Å²) in [6.07, 6.45) is 2.78. The Kier molecular flexibility index (Phi) is 4.56. The average molecular weight is 386 g/mol. The summed E-state index contributed by atoms with van der Waals surface area (Å²) in [6, 6.07) is 18.1. The Morgan fingerprint density at radius 3 is 1.90 bits per heavy atom. The molecule has 4 rings (SSSR count). The molecule has 0 saturated heterocycles. The van der Waals surface area contributed by atoms with Crippen molar-refractivity contribution in [3.05, 3.63) is 86.6 Å². The summed E-state index contributed by atoms with van der Waals surface area (Å²) in [4.78, 5) is 24.0. The first-order valence-corrected chi connectivity index (χ1v) is 8.95. The van der Waals surface area contributed by atoms with Gasteiger partial charge in [-0.25, -0.2) is 4.79 Å². The van der Waals surface area contributed by atoms with Crippen LogP contribution in [0.4, 0.5) is 0 Å². The molecular formula is C22H18N4O3. The maximum Gasteiger partial charge on any atom is 0.333 e. The van der Waals surface area contributed by atoms with E-state index in [1.54, 1.807) is 6.21 Å². The fourth-order valence-electron chi connectivity index (χ4n) is 3.34. The van der Waals surface area contributed by atoms with Crippen molar-refractivity contribution >= 4 is 34.0 Å². The van der Waals surface area contributed by atoms with Gasteiger partial charge in [0.1, 0.15) is 5.56 Å². The molecule has 0 aliphatic rings. The van der Waals surface area contributed by atoms with Crippen LogP contribution in [0, 0.1) is 0 Å². The van der Waals surface area contributed by atoms with E-state index >= 15 is 0 Å². The van der Waals surface area contributed by atoms with Gasteiger partial charge in [-0.3, -0.25) is 13.9 Å². The molecule has 0 saturated carbocycles. The molecule has 1 aromatic heterocycles. The number of nitrogens with zero attached hydrogens (tertiary/aromatic N) is 4. The summed E-state index contributed by atoms with van der Waals surface area (Å²) >= 11 is 0. The van der Waals surface area contributed by atoms with E-state index in [0.29, 0.717) is 0 Å². The van der Waals surface area contributed by atoms with Gasteiger partial charge in [0.2, 0.25) is 5.88 Å². The predicted octanol–water partition coefficient (Wildman–Crippen LogP) is 2.55. The Hall–Kier alpha value is -4.00. The third-order valence-corrected chi connectivity index (χ3v) is 4.92. The number of hydrogen-bond donors (Lipinski definition) is 1. The van der Waals surface area contributed by atoms with E-state index in [-0.39, 0.29) is 5.56 Å². The molecular weight excluding hydrogens is 368 g/mol. The van der Waals surface area contributed by atoms with Crippen molar-refractivity contribution in [3.8, 4) is 5.88 Å². The van der Waals surface area contributed by atoms with Gasteiger partial charge in [-0.1, -0.05) is 48.5 Å². The lowest BCUT2D eigenvalue weighted by atomic mass is 9.97. The normalized spacial score (nSPS) is 11.9. The standard InChI is InChI=1S/C22H18N4O3/c1-25-20(27)19(21(28)26(2)22(25)29)13-24-23-12-18-16-9-5-3-7-14(16)11-15-8-4-6-10-17(15)18/h3-13,27H,1-2H3. The first-order chi connectivity index (χ1) is 14.0. The Morgan fingerprint density at radius 2 is 1.31 bits per heavy atom. The summed E-state index contributed by atoms with van der Waals surface area (Å²) in [5.74, 6) is -0.451. The van der Waals surface area contributed by atoms with Crippen LogP contribution in [0.2, 0.25) is 0 Å². The second-order valence-electron chi connectivity index (χ2n) is 6.66. The predicted molar refractivity (Wildman–Crippen MR) is 115 cm³/mol. The van der Waals surface area contributed by atoms with Gasteiger partial charge in [0.05, 0.1) is 12.4 Å². The van der Waals surface area contributed by atoms with Crippen LogP contribution in [0.15, 0.2) is 74.4 Å². The quantitative estimate of drug-likeness (QED) is 0.333. The molecule has 7 nitrogen and oxygen atoms in total. The molecule has 0 fully saturated rings. The van der Waals surface area contributed by atoms with Crippen LogP contribution in [0.25, 0.3) is 21.5 Å². The maximum atomic E-state index is 12.2. The van der Waals surface area contributed by atoms with Crippen molar-refractivity contribution in [2.24, 2.45) is 24.3 Å². The minimum Gasteiger partial charge on any atom is -0.494 e. The molecule has 4 aromatic rings. The first-order valence-electron chi connectivity index (χ1n) is 8.95. The second kappa shape index (κ2) is 7.20. The average Bonchev–Trinajstić information content (AvgIpc) is 2.75. The lowest BCUT2D eigenvalue weighted by molar-refractivity contribution is 0.410. The Bertz CT molecular complexity index is 1370. The lowest BCUT2D eigenvalue weighted by Gasteiger charge is -2.07. The molecule has 0 aliphatic heterocycles. The van der Waals surface area contributed by atoms with E-state index in [4.69, 9.17) is 0 Å². The molecule has 0 aliphatic carbocycles. The highest BCUT2D eigenvalue weighted by molar-refractivity contribution is 6.13. The SMILES string of the molecule is Cn1c(O)c(C=NN=Cc2c3ccccc3cc3ccccc23)c(=O)n(C)c1=O. The molecule has 29 heavy (non-hydrogen) atoms. The second-order valence-corrected chi connectivity index (χ2v) is 6.66. The van der Waals surface area contributed by atoms with Gasteiger partial charge in [0.25, 0.3) is 5.56 Å². The summed E-state index contributed by atoms with van der Waals surface area (Å²) in [5, 5.41) is 22.4. The molecule has 144 valence electrons. The van der Waals surface area contributed by atoms with E-state index in [1.165, 1.54) is 14.1 Å². The van der Waals surface area contributed by atoms with Crippen LogP contribution in [0.1, 0.15) is 11.1 Å². The van der Waals surface area contributed by atoms with Gasteiger partial charge in [0.15, 0.2) is 0 Å². The van der Waals surface area contributed by atoms with E-state index in [9.17, 15) is 14.7 Å². The topological polar surface area (TPSA) is 88.9 Å². The third kappa shape index (κ3) is 3.12. The van der Waals surface area contributed by atoms with Crippen molar-refractivity contribution in [2.75, 3.05) is 0 Å². The summed E-state index contributed by atoms with van der Waals surface area (Å²) in [5.41, 5.74) is -0.446. The minimum atomic E-state index is -0.639. The van der Waals surface area contributed by atoms with E-state index in [2.05, 4.69) is 16.3 Å². The molecule has 3 aromatic carbocycles. The number of benzene rings is 3. The molecule has 0 atom stereocenters. The van der Waals surface area contributed by atoms with Crippen LogP contribution in [-0.2, 0) is 14.1 Å². The first kappa shape index (κ1) is 18.4. The Balaban J connectivity index is 1.81. The molecule has 1 N–H and O–H groups in total. The molecule has 0 amide bonds. The molecule has 7 heteroatoms. The molecule has 0 bridgehead atoms. The largest absolute Gasteiger partial charge is 0.494 e. The zero-order valence-corrected chi connectivity index (χ0v) is 15.9. The van der Waals surface area contributed by atoms with Gasteiger partial charge in [-0.05, 0) is 27.6 Å². The van der Waals surface area contributed by atoms with Crippen LogP contribution >= 0.6 is 0 Å². The van der Waals surface area contributed by atoms with Crippen LogP contribution < -0.4 is 11.2 Å². The van der Waals surface area contributed by atoms with Crippen molar-refractivity contribution in [1.82, 2.24) is 9.13 Å². The van der Waals surface area contributed by atoms with Crippen LogP contribution in [-0.4, -0.2) is 26.7 Å². The smallest absolute Gasteiger partial charge is 0.333 e. The van der Waals surface area contributed by atoms with Crippen molar-refractivity contribution in [3.63, 3.8) is 0 Å². The lowest BCUT2D eigenvalue weighted by Crippen LogP contribution is -2.38. The maximum absolute atomic E-state index is 12.2. The highest BCUT2D eigenvalue weighted by Gasteiger charge is 2.12. The number of aromatic nitrogens is 2. The summed E-state index contributed by atoms with van der Waals surface area (Å²) < 4.78 is 1.88. The summed E-state index contributed by atoms with van der Waals surface area (Å²) in [7, 11) is 2.72. The monoisotopic (exact) mass is 386 g/mol. The number of aromatic hydroxyl groups is 1. The van der Waals surface area contributed by atoms with Crippen LogP contribution in [0.5, 0.6) is 5.88 Å². The zero-order valence-electron chi connectivity index (χ0n) is 15.9. The highest BCUT2D eigenvalue weighted by Crippen LogP contribution is 2.27. The highest BCUT2D eigenvalue weighted by atomic mass is 16.3. The van der Waals surface area contributed by atoms with Crippen molar-refractivity contribution < 1.29 is 5.11 Å². The van der Waals surface area contributed by atoms with Crippen molar-refractivity contribution in [1.29, 1.82) is 0 Å². The summed E-state index contributed by atoms with van der Waals surface area (Å²) in [6.45, 7) is 0. The number of hydrogen-bond acceptors (Lipinski definition) is 5. The van der Waals surface area contributed by atoms with E-state index < -0.39 is 17.1 Å². The molecule has 1 heterocycles. The Morgan fingerprint density at radius 1 is 0.793 bits per heavy atom. The fraction of sp³-hybridized carbons (Fsp3) is 0.0909. The molecule has 0 spiro atoms. The van der Waals surface area contributed by atoms with Gasteiger partial charge in [0, 0.05) is 19.7 Å². The Labute approximate surface area is 165 Å². The van der Waals surface area contributed by atoms with Crippen molar-refractivity contribution in [2.45, 2.75) is 0 Å². The third-order valence-electron chi connectivity index (χ3n) is 4.92. The molecule has 0 radical (unpaired) electrons. The fourth-order valence-corrected chi connectivity index (χ4v) is 3.34. The number of fused-ring (bicyclic) bond motifs is 2. The van der Waals surface area contributed by atoms with Gasteiger partial charge in [-0.2, -0.15) is 10.2 Å². The van der Waals surface area contributed by atoms with Gasteiger partial charge >= 0.3 is 5.69 Å². The van der Waals surface area contributed by atoms with E-state index in [0.717, 1.165) is 42.5 Å². The van der Waals surface area contributed by atoms with Gasteiger partial charge < -0.3 is 5.11 Å². The van der Waals surface area contributed by atoms with E-state index in [1.807, 2.05) is 48.5 Å².